The molecule has 1 spiro atoms. The summed E-state index contributed by atoms with van der Waals surface area (Å²) >= 11 is 0. The van der Waals surface area contributed by atoms with Crippen LogP contribution >= 0.6 is 0 Å². The monoisotopic (exact) mass is 259 g/mol. The van der Waals surface area contributed by atoms with Crippen LogP contribution in [-0.4, -0.2) is 35.1 Å². The van der Waals surface area contributed by atoms with Crippen molar-refractivity contribution in [3.05, 3.63) is 30.1 Å². The maximum atomic E-state index is 4.15. The van der Waals surface area contributed by atoms with Crippen LogP contribution in [0.4, 0.5) is 0 Å². The molecule has 0 aromatic carbocycles. The molecule has 3 heteroatoms. The molecular weight excluding hydrogens is 234 g/mol. The van der Waals surface area contributed by atoms with Crippen LogP contribution in [0.1, 0.15) is 50.6 Å². The van der Waals surface area contributed by atoms with E-state index in [2.05, 4.69) is 34.3 Å². The molecule has 1 atom stereocenters. The highest BCUT2D eigenvalue weighted by molar-refractivity contribution is 5.16. The molecule has 2 fully saturated rings. The van der Waals surface area contributed by atoms with Gasteiger partial charge in [0.15, 0.2) is 0 Å². The van der Waals surface area contributed by atoms with E-state index in [0.717, 1.165) is 6.54 Å². The second-order valence-electron chi connectivity index (χ2n) is 6.11. The van der Waals surface area contributed by atoms with E-state index in [-0.39, 0.29) is 0 Å². The molecule has 0 amide bonds. The van der Waals surface area contributed by atoms with Gasteiger partial charge in [-0.05, 0) is 37.5 Å². The molecule has 1 aromatic rings. The zero-order valence-electron chi connectivity index (χ0n) is 11.9. The lowest BCUT2D eigenvalue weighted by atomic mass is 9.78. The van der Waals surface area contributed by atoms with Gasteiger partial charge in [0.05, 0.1) is 0 Å². The van der Waals surface area contributed by atoms with E-state index >= 15 is 0 Å². The summed E-state index contributed by atoms with van der Waals surface area (Å²) in [6.45, 7) is 5.82. The molecule has 0 bridgehead atoms. The van der Waals surface area contributed by atoms with Crippen molar-refractivity contribution in [1.82, 2.24) is 15.2 Å². The van der Waals surface area contributed by atoms with Crippen LogP contribution in [0.25, 0.3) is 0 Å². The molecule has 1 N–H and O–H groups in total. The highest BCUT2D eigenvalue weighted by atomic mass is 15.3. The first-order valence-corrected chi connectivity index (χ1v) is 7.69. The van der Waals surface area contributed by atoms with Gasteiger partial charge in [-0.25, -0.2) is 0 Å². The Morgan fingerprint density at radius 1 is 1.21 bits per heavy atom. The number of rotatable bonds is 2. The second-order valence-corrected chi connectivity index (χ2v) is 6.11. The lowest BCUT2D eigenvalue weighted by Crippen LogP contribution is -2.62. The Balaban J connectivity index is 1.84. The summed E-state index contributed by atoms with van der Waals surface area (Å²) in [4.78, 5) is 6.91. The molecule has 1 saturated heterocycles. The number of pyridine rings is 1. The summed E-state index contributed by atoms with van der Waals surface area (Å²) < 4.78 is 0. The van der Waals surface area contributed by atoms with Gasteiger partial charge in [-0.1, -0.05) is 19.3 Å². The zero-order chi connectivity index (χ0) is 13.1. The quantitative estimate of drug-likeness (QED) is 0.885. The highest BCUT2D eigenvalue weighted by Gasteiger charge is 2.41. The first kappa shape index (κ1) is 13.1. The number of piperazine rings is 1. The van der Waals surface area contributed by atoms with Crippen LogP contribution in [0, 0.1) is 0 Å². The zero-order valence-corrected chi connectivity index (χ0v) is 11.9. The molecule has 1 unspecified atom stereocenters. The number of nitrogens with zero attached hydrogens (tertiary/aromatic N) is 2. The Labute approximate surface area is 116 Å². The summed E-state index contributed by atoms with van der Waals surface area (Å²) in [6.07, 6.45) is 10.7. The minimum absolute atomic E-state index is 0.402. The Morgan fingerprint density at radius 3 is 2.68 bits per heavy atom. The SMILES string of the molecule is CC(c1ccncc1)N1CCNCC12CCCCC2. The van der Waals surface area contributed by atoms with E-state index in [1.165, 1.54) is 50.8 Å². The largest absolute Gasteiger partial charge is 0.314 e. The van der Waals surface area contributed by atoms with Crippen molar-refractivity contribution >= 4 is 0 Å². The smallest absolute Gasteiger partial charge is 0.0340 e. The van der Waals surface area contributed by atoms with E-state index in [1.54, 1.807) is 0 Å². The number of aromatic nitrogens is 1. The Bertz CT molecular complexity index is 389. The lowest BCUT2D eigenvalue weighted by molar-refractivity contribution is -0.00280. The molecular formula is C16H25N3. The minimum atomic E-state index is 0.402. The summed E-state index contributed by atoms with van der Waals surface area (Å²) in [7, 11) is 0. The lowest BCUT2D eigenvalue weighted by Gasteiger charge is -2.52. The molecule has 1 aromatic heterocycles. The summed E-state index contributed by atoms with van der Waals surface area (Å²) in [6, 6.07) is 4.84. The number of hydrogen-bond donors (Lipinski definition) is 1. The standard InChI is InChI=1S/C16H25N3/c1-14(15-5-9-17-10-6-15)19-12-11-18-13-16(19)7-3-2-4-8-16/h5-6,9-10,14,18H,2-4,7-8,11-13H2,1H3. The van der Waals surface area contributed by atoms with Crippen LogP contribution in [0.2, 0.25) is 0 Å². The third-order valence-corrected chi connectivity index (χ3v) is 5.03. The normalized spacial score (nSPS) is 25.3. The second kappa shape index (κ2) is 5.59. The molecule has 104 valence electrons. The van der Waals surface area contributed by atoms with Crippen molar-refractivity contribution in [2.75, 3.05) is 19.6 Å². The van der Waals surface area contributed by atoms with Gasteiger partial charge < -0.3 is 5.32 Å². The van der Waals surface area contributed by atoms with E-state index in [1.807, 2.05) is 12.4 Å². The molecule has 1 aliphatic heterocycles. The third-order valence-electron chi connectivity index (χ3n) is 5.03. The Kier molecular flexibility index (Phi) is 3.85. The third kappa shape index (κ3) is 2.54. The molecule has 3 nitrogen and oxygen atoms in total. The molecule has 2 heterocycles. The first-order valence-electron chi connectivity index (χ1n) is 7.69. The van der Waals surface area contributed by atoms with Crippen molar-refractivity contribution in [2.24, 2.45) is 0 Å². The van der Waals surface area contributed by atoms with Crippen molar-refractivity contribution < 1.29 is 0 Å². The van der Waals surface area contributed by atoms with Crippen molar-refractivity contribution in [1.29, 1.82) is 0 Å². The van der Waals surface area contributed by atoms with Crippen LogP contribution in [-0.2, 0) is 0 Å². The van der Waals surface area contributed by atoms with Crippen LogP contribution in [0.15, 0.2) is 24.5 Å². The summed E-state index contributed by atoms with van der Waals surface area (Å²) in [5.74, 6) is 0. The fourth-order valence-corrected chi connectivity index (χ4v) is 3.96. The maximum Gasteiger partial charge on any atom is 0.0340 e. The molecule has 0 radical (unpaired) electrons. The van der Waals surface area contributed by atoms with Crippen molar-refractivity contribution in [2.45, 2.75) is 50.6 Å². The molecule has 2 aliphatic rings. The summed E-state index contributed by atoms with van der Waals surface area (Å²) in [5, 5.41) is 3.63. The maximum absolute atomic E-state index is 4.15. The van der Waals surface area contributed by atoms with Crippen LogP contribution in [0.5, 0.6) is 0 Å². The average molecular weight is 259 g/mol. The highest BCUT2D eigenvalue weighted by Crippen LogP contribution is 2.39. The fraction of sp³-hybridized carbons (Fsp3) is 0.688. The molecule has 3 rings (SSSR count). The van der Waals surface area contributed by atoms with Gasteiger partial charge in [0, 0.05) is 43.6 Å². The first-order chi connectivity index (χ1) is 9.32. The Morgan fingerprint density at radius 2 is 1.95 bits per heavy atom. The van der Waals surface area contributed by atoms with Gasteiger partial charge >= 0.3 is 0 Å². The van der Waals surface area contributed by atoms with Crippen molar-refractivity contribution in [3.8, 4) is 0 Å². The molecule has 1 saturated carbocycles. The van der Waals surface area contributed by atoms with Crippen molar-refractivity contribution in [3.63, 3.8) is 0 Å². The van der Waals surface area contributed by atoms with Gasteiger partial charge in [-0.2, -0.15) is 0 Å². The van der Waals surface area contributed by atoms with Gasteiger partial charge in [-0.15, -0.1) is 0 Å². The van der Waals surface area contributed by atoms with E-state index < -0.39 is 0 Å². The van der Waals surface area contributed by atoms with E-state index in [0.29, 0.717) is 11.6 Å². The minimum Gasteiger partial charge on any atom is -0.314 e. The molecule has 1 aliphatic carbocycles. The van der Waals surface area contributed by atoms with E-state index in [4.69, 9.17) is 0 Å². The summed E-state index contributed by atoms with van der Waals surface area (Å²) in [5.41, 5.74) is 1.81. The van der Waals surface area contributed by atoms with Crippen LogP contribution < -0.4 is 5.32 Å². The van der Waals surface area contributed by atoms with Gasteiger partial charge in [0.25, 0.3) is 0 Å². The average Bonchev–Trinajstić information content (AvgIpc) is 2.49. The van der Waals surface area contributed by atoms with Gasteiger partial charge in [0.1, 0.15) is 0 Å². The van der Waals surface area contributed by atoms with E-state index in [9.17, 15) is 0 Å². The Hall–Kier alpha value is -0.930. The topological polar surface area (TPSA) is 28.2 Å². The predicted octanol–water partition coefficient (Wildman–Crippen LogP) is 2.75. The number of hydrogen-bond acceptors (Lipinski definition) is 3. The number of nitrogens with one attached hydrogen (secondary N) is 1. The molecule has 19 heavy (non-hydrogen) atoms. The fourth-order valence-electron chi connectivity index (χ4n) is 3.96. The predicted molar refractivity (Wildman–Crippen MR) is 78.0 cm³/mol. The van der Waals surface area contributed by atoms with Crippen LogP contribution in [0.3, 0.4) is 0 Å². The van der Waals surface area contributed by atoms with Gasteiger partial charge in [-0.3, -0.25) is 9.88 Å². The van der Waals surface area contributed by atoms with Gasteiger partial charge in [0.2, 0.25) is 0 Å².